The molecule has 0 aliphatic heterocycles. The molecule has 0 aliphatic rings. The van der Waals surface area contributed by atoms with Gasteiger partial charge in [0.1, 0.15) is 11.5 Å². The van der Waals surface area contributed by atoms with Crippen LogP contribution < -0.4 is 11.1 Å². The first-order chi connectivity index (χ1) is 9.31. The Kier molecular flexibility index (Phi) is 4.02. The number of anilines is 3. The maximum atomic E-state index is 13.5. The predicted molar refractivity (Wildman–Crippen MR) is 73.1 cm³/mol. The van der Waals surface area contributed by atoms with E-state index in [1.165, 1.54) is 6.07 Å². The van der Waals surface area contributed by atoms with Crippen molar-refractivity contribution in [1.29, 1.82) is 0 Å². The number of nitrogen functional groups attached to an aromatic ring is 1. The van der Waals surface area contributed by atoms with Gasteiger partial charge in [-0.2, -0.15) is 0 Å². The van der Waals surface area contributed by atoms with Crippen molar-refractivity contribution in [3.8, 4) is 0 Å². The molecule has 0 unspecified atom stereocenters. The molecule has 8 heteroatoms. The number of rotatable bonds is 2. The second kappa shape index (κ2) is 5.43. The van der Waals surface area contributed by atoms with Gasteiger partial charge in [0.15, 0.2) is 23.3 Å². The van der Waals surface area contributed by atoms with Gasteiger partial charge in [-0.3, -0.25) is 0 Å². The van der Waals surface area contributed by atoms with Crippen molar-refractivity contribution in [2.24, 2.45) is 0 Å². The molecule has 0 aromatic heterocycles. The molecule has 0 saturated carbocycles. The van der Waals surface area contributed by atoms with Crippen molar-refractivity contribution in [1.82, 2.24) is 0 Å². The smallest absolute Gasteiger partial charge is 0.185 e. The SMILES string of the molecule is Nc1cc(I)c(F)cc1Nc1c(F)c(F)cc(F)c1F. The van der Waals surface area contributed by atoms with Crippen molar-refractivity contribution in [3.05, 3.63) is 50.9 Å². The van der Waals surface area contributed by atoms with Gasteiger partial charge in [0.25, 0.3) is 0 Å². The van der Waals surface area contributed by atoms with Gasteiger partial charge in [-0.25, -0.2) is 22.0 Å². The number of nitrogens with two attached hydrogens (primary N) is 1. The summed E-state index contributed by atoms with van der Waals surface area (Å²) in [5, 5.41) is 2.06. The molecule has 2 nitrogen and oxygen atoms in total. The highest BCUT2D eigenvalue weighted by Crippen LogP contribution is 2.31. The summed E-state index contributed by atoms with van der Waals surface area (Å²) in [6.07, 6.45) is 0. The Hall–Kier alpha value is -1.58. The summed E-state index contributed by atoms with van der Waals surface area (Å²) in [7, 11) is 0. The molecule has 0 spiro atoms. The molecule has 2 aromatic rings. The zero-order valence-corrected chi connectivity index (χ0v) is 11.7. The van der Waals surface area contributed by atoms with E-state index >= 15 is 0 Å². The van der Waals surface area contributed by atoms with Gasteiger partial charge in [0, 0.05) is 12.1 Å². The molecule has 0 heterocycles. The quantitative estimate of drug-likeness (QED) is 0.341. The van der Waals surface area contributed by atoms with E-state index in [4.69, 9.17) is 5.73 Å². The second-order valence-electron chi connectivity index (χ2n) is 3.82. The predicted octanol–water partition coefficient (Wildman–Crippen LogP) is 4.31. The van der Waals surface area contributed by atoms with Crippen LogP contribution in [-0.2, 0) is 0 Å². The second-order valence-corrected chi connectivity index (χ2v) is 4.98. The first-order valence-electron chi connectivity index (χ1n) is 5.15. The molecule has 0 amide bonds. The highest BCUT2D eigenvalue weighted by molar-refractivity contribution is 14.1. The minimum absolute atomic E-state index is 0.0285. The molecular weight excluding hydrogens is 394 g/mol. The van der Waals surface area contributed by atoms with Gasteiger partial charge in [0.05, 0.1) is 14.9 Å². The molecule has 0 fully saturated rings. The van der Waals surface area contributed by atoms with E-state index in [9.17, 15) is 22.0 Å². The van der Waals surface area contributed by atoms with Crippen LogP contribution in [-0.4, -0.2) is 0 Å². The Morgan fingerprint density at radius 3 is 1.95 bits per heavy atom. The Labute approximate surface area is 123 Å². The third-order valence-corrected chi connectivity index (χ3v) is 3.29. The van der Waals surface area contributed by atoms with Gasteiger partial charge in [0.2, 0.25) is 0 Å². The van der Waals surface area contributed by atoms with E-state index < -0.39 is 34.8 Å². The van der Waals surface area contributed by atoms with Gasteiger partial charge in [-0.1, -0.05) is 0 Å². The van der Waals surface area contributed by atoms with Crippen LogP contribution in [0.25, 0.3) is 0 Å². The lowest BCUT2D eigenvalue weighted by Gasteiger charge is -2.12. The molecule has 0 radical (unpaired) electrons. The first-order valence-corrected chi connectivity index (χ1v) is 6.23. The van der Waals surface area contributed by atoms with E-state index in [-0.39, 0.29) is 21.0 Å². The van der Waals surface area contributed by atoms with Crippen LogP contribution in [0.1, 0.15) is 0 Å². The van der Waals surface area contributed by atoms with Crippen LogP contribution in [0.15, 0.2) is 18.2 Å². The minimum atomic E-state index is -1.62. The fourth-order valence-electron chi connectivity index (χ4n) is 1.49. The van der Waals surface area contributed by atoms with Gasteiger partial charge in [-0.15, -0.1) is 0 Å². The lowest BCUT2D eigenvalue weighted by atomic mass is 10.2. The standard InChI is InChI=1S/C12H6F5IN2/c13-4-2-9(8(19)3-7(4)18)20-12-10(16)5(14)1-6(15)11(12)17/h1-3,20H,19H2. The summed E-state index contributed by atoms with van der Waals surface area (Å²) in [5.41, 5.74) is 4.24. The molecule has 2 aromatic carbocycles. The van der Waals surface area contributed by atoms with Crippen molar-refractivity contribution in [2.75, 3.05) is 11.1 Å². The van der Waals surface area contributed by atoms with Crippen LogP contribution in [0.5, 0.6) is 0 Å². The molecule has 3 N–H and O–H groups in total. The molecule has 106 valence electrons. The maximum absolute atomic E-state index is 13.5. The highest BCUT2D eigenvalue weighted by Gasteiger charge is 2.20. The number of halogens is 6. The topological polar surface area (TPSA) is 38.0 Å². The van der Waals surface area contributed by atoms with Crippen molar-refractivity contribution in [2.45, 2.75) is 0 Å². The monoisotopic (exact) mass is 400 g/mol. The Balaban J connectivity index is 2.53. The van der Waals surface area contributed by atoms with E-state index in [1.807, 2.05) is 0 Å². The van der Waals surface area contributed by atoms with E-state index in [0.29, 0.717) is 0 Å². The van der Waals surface area contributed by atoms with E-state index in [2.05, 4.69) is 5.32 Å². The normalized spacial score (nSPS) is 10.7. The zero-order valence-electron chi connectivity index (χ0n) is 9.58. The Morgan fingerprint density at radius 1 is 0.850 bits per heavy atom. The molecule has 20 heavy (non-hydrogen) atoms. The summed E-state index contributed by atoms with van der Waals surface area (Å²) in [6.45, 7) is 0. The molecule has 2 rings (SSSR count). The summed E-state index contributed by atoms with van der Waals surface area (Å²) < 4.78 is 66.6. The molecule has 0 bridgehead atoms. The number of hydrogen-bond acceptors (Lipinski definition) is 2. The van der Waals surface area contributed by atoms with Crippen LogP contribution >= 0.6 is 22.6 Å². The lowest BCUT2D eigenvalue weighted by Crippen LogP contribution is -2.05. The Morgan fingerprint density at radius 2 is 1.40 bits per heavy atom. The first kappa shape index (κ1) is 14.8. The summed E-state index contributed by atoms with van der Waals surface area (Å²) in [6, 6.07) is 2.16. The fraction of sp³-hybridized carbons (Fsp3) is 0. The summed E-state index contributed by atoms with van der Waals surface area (Å²) in [5.74, 6) is -7.09. The van der Waals surface area contributed by atoms with E-state index in [1.54, 1.807) is 22.6 Å². The zero-order chi connectivity index (χ0) is 15.0. The molecule has 0 aliphatic carbocycles. The number of hydrogen-bond donors (Lipinski definition) is 2. The number of nitrogens with one attached hydrogen (secondary N) is 1. The van der Waals surface area contributed by atoms with E-state index in [0.717, 1.165) is 6.07 Å². The summed E-state index contributed by atoms with van der Waals surface area (Å²) in [4.78, 5) is 0. The van der Waals surface area contributed by atoms with Crippen molar-refractivity contribution < 1.29 is 22.0 Å². The third-order valence-electron chi connectivity index (χ3n) is 2.46. The van der Waals surface area contributed by atoms with Gasteiger partial charge in [-0.05, 0) is 28.7 Å². The number of benzene rings is 2. The van der Waals surface area contributed by atoms with Crippen molar-refractivity contribution in [3.63, 3.8) is 0 Å². The van der Waals surface area contributed by atoms with Crippen LogP contribution in [0.2, 0.25) is 0 Å². The van der Waals surface area contributed by atoms with Crippen LogP contribution in [0.4, 0.5) is 39.0 Å². The summed E-state index contributed by atoms with van der Waals surface area (Å²) >= 11 is 1.67. The average Bonchev–Trinajstić information content (AvgIpc) is 2.38. The molecule has 0 atom stereocenters. The minimum Gasteiger partial charge on any atom is -0.397 e. The van der Waals surface area contributed by atoms with Crippen LogP contribution in [0, 0.1) is 32.7 Å². The highest BCUT2D eigenvalue weighted by atomic mass is 127. The lowest BCUT2D eigenvalue weighted by molar-refractivity contribution is 0.459. The van der Waals surface area contributed by atoms with Gasteiger partial charge >= 0.3 is 0 Å². The molecular formula is C12H6F5IN2. The van der Waals surface area contributed by atoms with Gasteiger partial charge < -0.3 is 11.1 Å². The average molecular weight is 400 g/mol. The van der Waals surface area contributed by atoms with Crippen LogP contribution in [0.3, 0.4) is 0 Å². The Bertz CT molecular complexity index is 664. The maximum Gasteiger partial charge on any atom is 0.185 e. The fourth-order valence-corrected chi connectivity index (χ4v) is 1.98. The largest absolute Gasteiger partial charge is 0.397 e. The van der Waals surface area contributed by atoms with Crippen molar-refractivity contribution >= 4 is 39.7 Å². The third kappa shape index (κ3) is 2.65. The molecule has 0 saturated heterocycles.